The number of rotatable bonds is 6. The van der Waals surface area contributed by atoms with Crippen LogP contribution in [-0.4, -0.2) is 22.9 Å². The summed E-state index contributed by atoms with van der Waals surface area (Å²) in [5.41, 5.74) is 1.04. The first kappa shape index (κ1) is 21.1. The minimum absolute atomic E-state index is 0.0670. The predicted octanol–water partition coefficient (Wildman–Crippen LogP) is 5.32. The topological polar surface area (TPSA) is 53.2 Å². The summed E-state index contributed by atoms with van der Waals surface area (Å²) in [6.07, 6.45) is -3.66. The van der Waals surface area contributed by atoms with Gasteiger partial charge in [0.25, 0.3) is 0 Å². The van der Waals surface area contributed by atoms with Crippen molar-refractivity contribution in [1.82, 2.24) is 0 Å². The fourth-order valence-electron chi connectivity index (χ4n) is 2.55. The number of thioether (sulfide) groups is 1. The number of benzene rings is 1. The number of hydrogen-bond acceptors (Lipinski definition) is 4. The molecule has 0 bridgehead atoms. The third-order valence-electron chi connectivity index (χ3n) is 3.63. The Morgan fingerprint density at radius 3 is 2.81 bits per heavy atom. The van der Waals surface area contributed by atoms with Crippen molar-refractivity contribution < 1.29 is 27.4 Å². The molecule has 0 saturated heterocycles. The van der Waals surface area contributed by atoms with Gasteiger partial charge >= 0.3 is 5.25 Å². The van der Waals surface area contributed by atoms with Crippen molar-refractivity contribution in [2.75, 3.05) is 0 Å². The number of allylic oxidation sites excluding steroid dienone is 2. The van der Waals surface area contributed by atoms with Crippen molar-refractivity contribution in [2.24, 2.45) is 0 Å². The summed E-state index contributed by atoms with van der Waals surface area (Å²) in [7, 11) is 0. The number of aliphatic hydroxyl groups excluding tert-OH is 1. The largest absolute Gasteiger partial charge is 0.458 e. The van der Waals surface area contributed by atoms with Crippen LogP contribution in [0.4, 0.5) is 17.6 Å². The zero-order chi connectivity index (χ0) is 20.2. The van der Waals surface area contributed by atoms with Crippen LogP contribution in [0.3, 0.4) is 0 Å². The summed E-state index contributed by atoms with van der Waals surface area (Å²) < 4.78 is 58.3. The average Bonchev–Trinajstić information content (AvgIpc) is 2.54. The minimum Gasteiger partial charge on any atom is -0.458 e. The van der Waals surface area contributed by atoms with Crippen LogP contribution >= 0.6 is 11.8 Å². The molecule has 3 nitrogen and oxygen atoms in total. The molecule has 1 heterocycles. The van der Waals surface area contributed by atoms with E-state index in [0.717, 1.165) is 5.56 Å². The smallest absolute Gasteiger partial charge is 0.301 e. The number of hydrogen-bond donors (Lipinski definition) is 1. The predicted molar refractivity (Wildman–Crippen MR) is 95.6 cm³/mol. The highest BCUT2D eigenvalue weighted by atomic mass is 32.2. The second-order valence-corrected chi connectivity index (χ2v) is 7.23. The first-order chi connectivity index (χ1) is 12.6. The molecular weight excluding hydrogens is 382 g/mol. The van der Waals surface area contributed by atoms with Gasteiger partial charge in [-0.15, -0.1) is 0 Å². The molecule has 0 radical (unpaired) electrons. The van der Waals surface area contributed by atoms with E-state index in [0.29, 0.717) is 11.3 Å². The lowest BCUT2D eigenvalue weighted by molar-refractivity contribution is 0.0385. The van der Waals surface area contributed by atoms with Gasteiger partial charge < -0.3 is 9.84 Å². The molecule has 0 aliphatic carbocycles. The van der Waals surface area contributed by atoms with Gasteiger partial charge in [-0.3, -0.25) is 0 Å². The van der Waals surface area contributed by atoms with Crippen LogP contribution in [0.15, 0.2) is 53.2 Å². The van der Waals surface area contributed by atoms with E-state index in [1.54, 1.807) is 19.1 Å². The van der Waals surface area contributed by atoms with Crippen LogP contribution in [-0.2, 0) is 0 Å². The standard InChI is InChI=1S/C19H17F4NO2S/c1-11-5-13(10-24)7-14(6-11)26-12(2)3-4-17-15(8-18(20)21)16(25)9-19(22,23)27-17/h3-7,16,18,25H,2,8-9H2,1H3/b4-3-. The summed E-state index contributed by atoms with van der Waals surface area (Å²) in [6, 6.07) is 6.79. The lowest BCUT2D eigenvalue weighted by Crippen LogP contribution is -2.28. The van der Waals surface area contributed by atoms with E-state index in [9.17, 15) is 22.7 Å². The number of nitriles is 1. The Bertz CT molecular complexity index is 827. The number of halogens is 4. The molecule has 1 aliphatic heterocycles. The third-order valence-corrected chi connectivity index (χ3v) is 4.72. The molecule has 0 aromatic heterocycles. The Morgan fingerprint density at radius 2 is 2.19 bits per heavy atom. The molecule has 1 atom stereocenters. The number of aryl methyl sites for hydroxylation is 1. The van der Waals surface area contributed by atoms with Gasteiger partial charge in [-0.1, -0.05) is 18.3 Å². The monoisotopic (exact) mass is 399 g/mol. The summed E-state index contributed by atoms with van der Waals surface area (Å²) >= 11 is 0.126. The van der Waals surface area contributed by atoms with E-state index in [-0.39, 0.29) is 28.0 Å². The fourth-order valence-corrected chi connectivity index (χ4v) is 3.60. The quantitative estimate of drug-likeness (QED) is 0.400. The summed E-state index contributed by atoms with van der Waals surface area (Å²) in [5, 5.41) is 15.5. The average molecular weight is 399 g/mol. The van der Waals surface area contributed by atoms with E-state index >= 15 is 0 Å². The number of ether oxygens (including phenoxy) is 1. The SMILES string of the molecule is C=C(/C=C\C1=C(CC(F)F)C(O)CC(F)(F)S1)Oc1cc(C)cc(C#N)c1. The normalized spacial score (nSPS) is 19.4. The first-order valence-corrected chi connectivity index (χ1v) is 8.74. The van der Waals surface area contributed by atoms with Gasteiger partial charge in [-0.2, -0.15) is 14.0 Å². The molecule has 1 unspecified atom stereocenters. The Hall–Kier alpha value is -2.24. The van der Waals surface area contributed by atoms with Crippen LogP contribution in [0.5, 0.6) is 5.75 Å². The van der Waals surface area contributed by atoms with Gasteiger partial charge in [0.15, 0.2) is 0 Å². The van der Waals surface area contributed by atoms with Crippen molar-refractivity contribution >= 4 is 11.8 Å². The highest BCUT2D eigenvalue weighted by Crippen LogP contribution is 2.47. The highest BCUT2D eigenvalue weighted by Gasteiger charge is 2.41. The lowest BCUT2D eigenvalue weighted by atomic mass is 10.0. The second-order valence-electron chi connectivity index (χ2n) is 5.99. The van der Waals surface area contributed by atoms with Gasteiger partial charge in [-0.25, -0.2) is 8.78 Å². The van der Waals surface area contributed by atoms with Crippen molar-refractivity contribution in [1.29, 1.82) is 5.26 Å². The number of nitrogens with zero attached hydrogens (tertiary/aromatic N) is 1. The van der Waals surface area contributed by atoms with E-state index in [4.69, 9.17) is 10.00 Å². The minimum atomic E-state index is -3.26. The summed E-state index contributed by atoms with van der Waals surface area (Å²) in [6.45, 7) is 5.41. The van der Waals surface area contributed by atoms with Crippen molar-refractivity contribution in [3.63, 3.8) is 0 Å². The molecule has 0 amide bonds. The van der Waals surface area contributed by atoms with Gasteiger partial charge in [0.2, 0.25) is 6.43 Å². The highest BCUT2D eigenvalue weighted by molar-refractivity contribution is 8.04. The number of aliphatic hydroxyl groups is 1. The maximum Gasteiger partial charge on any atom is 0.301 e. The van der Waals surface area contributed by atoms with Gasteiger partial charge in [0.05, 0.1) is 24.2 Å². The van der Waals surface area contributed by atoms with E-state index < -0.39 is 30.6 Å². The van der Waals surface area contributed by atoms with Crippen LogP contribution in [0.2, 0.25) is 0 Å². The molecule has 1 N–H and O–H groups in total. The molecule has 0 fully saturated rings. The Balaban J connectivity index is 2.21. The molecule has 0 spiro atoms. The lowest BCUT2D eigenvalue weighted by Gasteiger charge is -2.29. The maximum atomic E-state index is 13.7. The fraction of sp³-hybridized carbons (Fsp3) is 0.316. The van der Waals surface area contributed by atoms with Gasteiger partial charge in [0, 0.05) is 11.3 Å². The van der Waals surface area contributed by atoms with E-state index in [1.165, 1.54) is 18.2 Å². The molecule has 0 saturated carbocycles. The zero-order valence-electron chi connectivity index (χ0n) is 14.4. The molecular formula is C19H17F4NO2S. The van der Waals surface area contributed by atoms with Crippen molar-refractivity contribution in [3.8, 4) is 11.8 Å². The van der Waals surface area contributed by atoms with E-state index in [2.05, 4.69) is 6.58 Å². The Morgan fingerprint density at radius 1 is 1.48 bits per heavy atom. The van der Waals surface area contributed by atoms with Crippen LogP contribution in [0.1, 0.15) is 24.0 Å². The zero-order valence-corrected chi connectivity index (χ0v) is 15.2. The third kappa shape index (κ3) is 6.15. The maximum absolute atomic E-state index is 13.7. The molecule has 144 valence electrons. The Labute approximate surface area is 158 Å². The summed E-state index contributed by atoms with van der Waals surface area (Å²) in [5.74, 6) is 0.405. The van der Waals surface area contributed by atoms with Crippen molar-refractivity contribution in [2.45, 2.75) is 37.5 Å². The van der Waals surface area contributed by atoms with E-state index in [1.807, 2.05) is 6.07 Å². The molecule has 1 aromatic rings. The second kappa shape index (κ2) is 8.63. The van der Waals surface area contributed by atoms with Crippen LogP contribution < -0.4 is 4.74 Å². The molecule has 27 heavy (non-hydrogen) atoms. The molecule has 1 aromatic carbocycles. The first-order valence-electron chi connectivity index (χ1n) is 7.92. The van der Waals surface area contributed by atoms with Gasteiger partial charge in [-0.05, 0) is 48.4 Å². The molecule has 1 aliphatic rings. The summed E-state index contributed by atoms with van der Waals surface area (Å²) in [4.78, 5) is -0.134. The van der Waals surface area contributed by atoms with Gasteiger partial charge in [0.1, 0.15) is 11.5 Å². The van der Waals surface area contributed by atoms with Crippen LogP contribution in [0, 0.1) is 18.3 Å². The molecule has 8 heteroatoms. The number of alkyl halides is 4. The van der Waals surface area contributed by atoms with Crippen molar-refractivity contribution in [3.05, 3.63) is 64.3 Å². The molecule has 2 rings (SSSR count). The Kier molecular flexibility index (Phi) is 6.73. The van der Waals surface area contributed by atoms with Crippen LogP contribution in [0.25, 0.3) is 0 Å².